The van der Waals surface area contributed by atoms with E-state index in [0.717, 1.165) is 5.75 Å². The van der Waals surface area contributed by atoms with Crippen LogP contribution >= 0.6 is 11.8 Å². The standard InChI is InChI=1S/C10H19N3OS/c1-10(2,6-11)7-13-9(14)8(12)4-5-15-3/h8H,4-5,7,12H2,1-3H3,(H,13,14)/t8-/m1/s1. The molecule has 1 amide bonds. The molecule has 0 bridgehead atoms. The highest BCUT2D eigenvalue weighted by molar-refractivity contribution is 7.98. The summed E-state index contributed by atoms with van der Waals surface area (Å²) in [6.45, 7) is 3.90. The number of carbonyl (C=O) groups is 1. The fourth-order valence-corrected chi connectivity index (χ4v) is 1.34. The first-order chi connectivity index (χ1) is 6.93. The molecule has 0 spiro atoms. The molecule has 3 N–H and O–H groups in total. The van der Waals surface area contributed by atoms with Crippen LogP contribution < -0.4 is 11.1 Å². The zero-order valence-corrected chi connectivity index (χ0v) is 10.4. The second kappa shape index (κ2) is 6.70. The van der Waals surface area contributed by atoms with Crippen molar-refractivity contribution in [2.45, 2.75) is 26.3 Å². The number of hydrogen-bond acceptors (Lipinski definition) is 4. The van der Waals surface area contributed by atoms with Gasteiger partial charge in [-0.05, 0) is 32.3 Å². The molecule has 86 valence electrons. The molecule has 0 aromatic heterocycles. The SMILES string of the molecule is CSCC[C@@H](N)C(=O)NCC(C)(C)C#N. The summed E-state index contributed by atoms with van der Waals surface area (Å²) in [5.74, 6) is 0.698. The van der Waals surface area contributed by atoms with Gasteiger partial charge in [-0.1, -0.05) is 0 Å². The minimum absolute atomic E-state index is 0.174. The molecule has 0 aliphatic carbocycles. The Morgan fingerprint density at radius 2 is 2.27 bits per heavy atom. The van der Waals surface area contributed by atoms with Crippen molar-refractivity contribution in [2.75, 3.05) is 18.6 Å². The Labute approximate surface area is 95.6 Å². The van der Waals surface area contributed by atoms with E-state index in [2.05, 4.69) is 11.4 Å². The summed E-state index contributed by atoms with van der Waals surface area (Å²) in [6.07, 6.45) is 2.64. The molecule has 0 saturated heterocycles. The molecule has 0 aromatic carbocycles. The first kappa shape index (κ1) is 14.3. The Morgan fingerprint density at radius 1 is 1.67 bits per heavy atom. The van der Waals surface area contributed by atoms with Gasteiger partial charge < -0.3 is 11.1 Å². The smallest absolute Gasteiger partial charge is 0.236 e. The Balaban J connectivity index is 3.89. The number of nitriles is 1. The van der Waals surface area contributed by atoms with Gasteiger partial charge in [-0.2, -0.15) is 17.0 Å². The topological polar surface area (TPSA) is 78.9 Å². The average molecular weight is 229 g/mol. The van der Waals surface area contributed by atoms with Crippen LogP contribution in [-0.4, -0.2) is 30.5 Å². The van der Waals surface area contributed by atoms with Crippen molar-refractivity contribution in [2.24, 2.45) is 11.1 Å². The summed E-state index contributed by atoms with van der Waals surface area (Å²) >= 11 is 1.66. The molecule has 0 unspecified atom stereocenters. The first-order valence-corrected chi connectivity index (χ1v) is 6.26. The lowest BCUT2D eigenvalue weighted by molar-refractivity contribution is -0.122. The Morgan fingerprint density at radius 3 is 2.73 bits per heavy atom. The van der Waals surface area contributed by atoms with Gasteiger partial charge in [0, 0.05) is 6.54 Å². The van der Waals surface area contributed by atoms with Crippen LogP contribution in [0.1, 0.15) is 20.3 Å². The van der Waals surface area contributed by atoms with E-state index in [1.165, 1.54) is 0 Å². The summed E-state index contributed by atoms with van der Waals surface area (Å²) in [5.41, 5.74) is 5.13. The first-order valence-electron chi connectivity index (χ1n) is 4.86. The molecule has 0 aliphatic heterocycles. The summed E-state index contributed by atoms with van der Waals surface area (Å²) in [5, 5.41) is 11.4. The number of nitrogens with zero attached hydrogens (tertiary/aromatic N) is 1. The number of amides is 1. The average Bonchev–Trinajstić information content (AvgIpc) is 2.22. The van der Waals surface area contributed by atoms with Crippen LogP contribution in [0.25, 0.3) is 0 Å². The molecule has 0 aliphatic rings. The molecule has 15 heavy (non-hydrogen) atoms. The second-order valence-corrected chi connectivity index (χ2v) is 5.09. The van der Waals surface area contributed by atoms with Crippen molar-refractivity contribution in [1.29, 1.82) is 5.26 Å². The van der Waals surface area contributed by atoms with Crippen LogP contribution in [0.15, 0.2) is 0 Å². The van der Waals surface area contributed by atoms with E-state index in [0.29, 0.717) is 13.0 Å². The lowest BCUT2D eigenvalue weighted by atomic mass is 9.96. The highest BCUT2D eigenvalue weighted by Gasteiger charge is 2.19. The second-order valence-electron chi connectivity index (χ2n) is 4.10. The monoisotopic (exact) mass is 229 g/mol. The maximum absolute atomic E-state index is 11.5. The van der Waals surface area contributed by atoms with Crippen LogP contribution in [0.5, 0.6) is 0 Å². The lowest BCUT2D eigenvalue weighted by Gasteiger charge is -2.18. The summed E-state index contributed by atoms with van der Waals surface area (Å²) < 4.78 is 0. The van der Waals surface area contributed by atoms with Crippen molar-refractivity contribution in [3.05, 3.63) is 0 Å². The van der Waals surface area contributed by atoms with Gasteiger partial charge in [0.15, 0.2) is 0 Å². The van der Waals surface area contributed by atoms with Crippen LogP contribution in [-0.2, 0) is 4.79 Å². The van der Waals surface area contributed by atoms with Crippen molar-refractivity contribution >= 4 is 17.7 Å². The summed E-state index contributed by atoms with van der Waals surface area (Å²) in [6, 6.07) is 1.65. The van der Waals surface area contributed by atoms with E-state index in [4.69, 9.17) is 11.0 Å². The van der Waals surface area contributed by atoms with Crippen molar-refractivity contribution < 1.29 is 4.79 Å². The number of nitrogens with two attached hydrogens (primary N) is 1. The van der Waals surface area contributed by atoms with E-state index < -0.39 is 11.5 Å². The maximum atomic E-state index is 11.5. The van der Waals surface area contributed by atoms with E-state index in [1.54, 1.807) is 25.6 Å². The van der Waals surface area contributed by atoms with E-state index in [1.807, 2.05) is 6.26 Å². The number of rotatable bonds is 6. The molecule has 1 atom stereocenters. The molecule has 0 aromatic rings. The van der Waals surface area contributed by atoms with E-state index in [9.17, 15) is 4.79 Å². The van der Waals surface area contributed by atoms with E-state index in [-0.39, 0.29) is 5.91 Å². The van der Waals surface area contributed by atoms with Crippen LogP contribution in [0.3, 0.4) is 0 Å². The molecule has 4 nitrogen and oxygen atoms in total. The van der Waals surface area contributed by atoms with Gasteiger partial charge in [0.05, 0.1) is 17.5 Å². The Hall–Kier alpha value is -0.730. The van der Waals surface area contributed by atoms with Gasteiger partial charge in [-0.3, -0.25) is 4.79 Å². The van der Waals surface area contributed by atoms with Crippen LogP contribution in [0.2, 0.25) is 0 Å². The molecular formula is C10H19N3OS. The molecular weight excluding hydrogens is 210 g/mol. The molecule has 5 heteroatoms. The third-order valence-corrected chi connectivity index (χ3v) is 2.62. The van der Waals surface area contributed by atoms with Crippen molar-refractivity contribution in [3.8, 4) is 6.07 Å². The lowest BCUT2D eigenvalue weighted by Crippen LogP contribution is -2.44. The molecule has 0 heterocycles. The van der Waals surface area contributed by atoms with Crippen LogP contribution in [0, 0.1) is 16.7 Å². The maximum Gasteiger partial charge on any atom is 0.236 e. The zero-order valence-electron chi connectivity index (χ0n) is 9.54. The predicted molar refractivity (Wildman–Crippen MR) is 63.4 cm³/mol. The third-order valence-electron chi connectivity index (χ3n) is 1.98. The van der Waals surface area contributed by atoms with Crippen molar-refractivity contribution in [1.82, 2.24) is 5.32 Å². The molecule has 0 fully saturated rings. The van der Waals surface area contributed by atoms with Gasteiger partial charge in [0.1, 0.15) is 0 Å². The van der Waals surface area contributed by atoms with Gasteiger partial charge in [-0.25, -0.2) is 0 Å². The quantitative estimate of drug-likeness (QED) is 0.704. The summed E-state index contributed by atoms with van der Waals surface area (Å²) in [4.78, 5) is 11.5. The van der Waals surface area contributed by atoms with Gasteiger partial charge in [-0.15, -0.1) is 0 Å². The largest absolute Gasteiger partial charge is 0.353 e. The minimum Gasteiger partial charge on any atom is -0.353 e. The van der Waals surface area contributed by atoms with Gasteiger partial charge >= 0.3 is 0 Å². The highest BCUT2D eigenvalue weighted by atomic mass is 32.2. The fourth-order valence-electron chi connectivity index (χ4n) is 0.855. The van der Waals surface area contributed by atoms with Gasteiger partial charge in [0.25, 0.3) is 0 Å². The zero-order chi connectivity index (χ0) is 11.9. The molecule has 0 rings (SSSR count). The number of hydrogen-bond donors (Lipinski definition) is 2. The van der Waals surface area contributed by atoms with Gasteiger partial charge in [0.2, 0.25) is 5.91 Å². The summed E-state index contributed by atoms with van der Waals surface area (Å²) in [7, 11) is 0. The Kier molecular flexibility index (Phi) is 6.37. The number of thioether (sulfide) groups is 1. The number of nitrogens with one attached hydrogen (secondary N) is 1. The van der Waals surface area contributed by atoms with Crippen LogP contribution in [0.4, 0.5) is 0 Å². The predicted octanol–water partition coefficient (Wildman–Crippen LogP) is 0.733. The van der Waals surface area contributed by atoms with E-state index >= 15 is 0 Å². The Bertz CT molecular complexity index is 248. The number of carbonyl (C=O) groups excluding carboxylic acids is 1. The highest BCUT2D eigenvalue weighted by Crippen LogP contribution is 2.10. The third kappa shape index (κ3) is 6.37. The minimum atomic E-state index is -0.533. The fraction of sp³-hybridized carbons (Fsp3) is 0.800. The normalized spacial score (nSPS) is 13.0. The van der Waals surface area contributed by atoms with Crippen molar-refractivity contribution in [3.63, 3.8) is 0 Å². The molecule has 0 saturated carbocycles. The molecule has 0 radical (unpaired) electrons.